The van der Waals surface area contributed by atoms with E-state index in [2.05, 4.69) is 20.7 Å². The number of hydrazine groups is 1. The molecule has 0 aliphatic rings. The molecule has 0 aliphatic heterocycles. The molecule has 7 heteroatoms. The maximum atomic E-state index is 12.1. The highest BCUT2D eigenvalue weighted by atomic mass is 16.5. The summed E-state index contributed by atoms with van der Waals surface area (Å²) in [6, 6.07) is 7.38. The zero-order chi connectivity index (χ0) is 14.4. The molecule has 0 spiro atoms. The van der Waals surface area contributed by atoms with Crippen LogP contribution in [0.5, 0.6) is 0 Å². The monoisotopic (exact) mass is 273 g/mol. The van der Waals surface area contributed by atoms with Gasteiger partial charge in [0.15, 0.2) is 5.82 Å². The molecule has 0 aliphatic carbocycles. The van der Waals surface area contributed by atoms with E-state index >= 15 is 0 Å². The second-order valence-corrected chi connectivity index (χ2v) is 3.98. The molecule has 1 heterocycles. The van der Waals surface area contributed by atoms with Crippen molar-refractivity contribution in [3.63, 3.8) is 0 Å². The highest BCUT2D eigenvalue weighted by molar-refractivity contribution is 6.03. The molecule has 0 fully saturated rings. The van der Waals surface area contributed by atoms with Crippen molar-refractivity contribution in [2.24, 2.45) is 5.84 Å². The van der Waals surface area contributed by atoms with Crippen LogP contribution in [0.1, 0.15) is 16.1 Å². The van der Waals surface area contributed by atoms with Crippen LogP contribution in [-0.2, 0) is 11.3 Å². The van der Waals surface area contributed by atoms with Gasteiger partial charge in [-0.3, -0.25) is 9.78 Å². The third-order valence-corrected chi connectivity index (χ3v) is 2.58. The van der Waals surface area contributed by atoms with E-state index in [1.54, 1.807) is 13.2 Å². The van der Waals surface area contributed by atoms with E-state index in [1.807, 2.05) is 18.2 Å². The Labute approximate surface area is 116 Å². The van der Waals surface area contributed by atoms with E-state index in [0.717, 1.165) is 5.56 Å². The molecule has 0 saturated carbocycles. The highest BCUT2D eigenvalue weighted by Gasteiger charge is 2.11. The van der Waals surface area contributed by atoms with Crippen molar-refractivity contribution in [2.45, 2.75) is 6.61 Å². The number of anilines is 2. The van der Waals surface area contributed by atoms with Gasteiger partial charge in [-0.2, -0.15) is 0 Å². The summed E-state index contributed by atoms with van der Waals surface area (Å²) in [7, 11) is 1.60. The highest BCUT2D eigenvalue weighted by Crippen LogP contribution is 2.16. The third-order valence-electron chi connectivity index (χ3n) is 2.58. The second kappa shape index (κ2) is 6.60. The van der Waals surface area contributed by atoms with Gasteiger partial charge < -0.3 is 15.5 Å². The second-order valence-electron chi connectivity index (χ2n) is 3.98. The minimum Gasteiger partial charge on any atom is -0.380 e. The molecule has 0 atom stereocenters. The normalized spacial score (nSPS) is 10.1. The molecule has 0 saturated heterocycles. The summed E-state index contributed by atoms with van der Waals surface area (Å²) in [6.45, 7) is 0.409. The number of carbonyl (C=O) groups is 1. The van der Waals surface area contributed by atoms with Gasteiger partial charge >= 0.3 is 0 Å². The van der Waals surface area contributed by atoms with Crippen molar-refractivity contribution in [1.29, 1.82) is 0 Å². The molecule has 2 aromatic rings. The quantitative estimate of drug-likeness (QED) is 0.558. The fourth-order valence-electron chi connectivity index (χ4n) is 1.65. The Morgan fingerprint density at radius 1 is 1.35 bits per heavy atom. The van der Waals surface area contributed by atoms with E-state index in [-0.39, 0.29) is 11.6 Å². The van der Waals surface area contributed by atoms with Gasteiger partial charge in [-0.25, -0.2) is 10.8 Å². The molecule has 7 nitrogen and oxygen atoms in total. The Balaban J connectivity index is 2.19. The van der Waals surface area contributed by atoms with Gasteiger partial charge in [0.2, 0.25) is 0 Å². The number of para-hydroxylation sites is 1. The van der Waals surface area contributed by atoms with Gasteiger partial charge in [0.1, 0.15) is 5.69 Å². The lowest BCUT2D eigenvalue weighted by Gasteiger charge is -2.10. The number of hydrogen-bond acceptors (Lipinski definition) is 6. The van der Waals surface area contributed by atoms with Crippen LogP contribution in [0.15, 0.2) is 36.7 Å². The molecule has 4 N–H and O–H groups in total. The zero-order valence-corrected chi connectivity index (χ0v) is 11.0. The van der Waals surface area contributed by atoms with Crippen molar-refractivity contribution in [3.8, 4) is 0 Å². The molecule has 1 aromatic heterocycles. The number of hydrogen-bond donors (Lipinski definition) is 3. The van der Waals surface area contributed by atoms with Crippen LogP contribution in [0.25, 0.3) is 0 Å². The van der Waals surface area contributed by atoms with Crippen molar-refractivity contribution in [2.75, 3.05) is 17.9 Å². The van der Waals surface area contributed by atoms with Crippen molar-refractivity contribution in [1.82, 2.24) is 9.97 Å². The number of nitrogens with one attached hydrogen (secondary N) is 2. The van der Waals surface area contributed by atoms with Crippen molar-refractivity contribution in [3.05, 3.63) is 47.9 Å². The lowest BCUT2D eigenvalue weighted by atomic mass is 10.2. The Morgan fingerprint density at radius 2 is 2.15 bits per heavy atom. The summed E-state index contributed by atoms with van der Waals surface area (Å²) in [5.74, 6) is 5.19. The minimum atomic E-state index is -0.363. The molecule has 0 bridgehead atoms. The molecule has 2 rings (SSSR count). The van der Waals surface area contributed by atoms with Gasteiger partial charge in [-0.1, -0.05) is 18.2 Å². The van der Waals surface area contributed by atoms with Crippen LogP contribution in [0.2, 0.25) is 0 Å². The first-order valence-electron chi connectivity index (χ1n) is 5.91. The topological polar surface area (TPSA) is 102 Å². The van der Waals surface area contributed by atoms with Crippen molar-refractivity contribution >= 4 is 17.4 Å². The largest absolute Gasteiger partial charge is 0.380 e. The number of amides is 1. The average molecular weight is 273 g/mol. The van der Waals surface area contributed by atoms with Crippen molar-refractivity contribution < 1.29 is 9.53 Å². The van der Waals surface area contributed by atoms with E-state index in [0.29, 0.717) is 18.1 Å². The maximum Gasteiger partial charge on any atom is 0.275 e. The summed E-state index contributed by atoms with van der Waals surface area (Å²) in [5.41, 5.74) is 4.07. The van der Waals surface area contributed by atoms with Crippen LogP contribution >= 0.6 is 0 Å². The number of benzene rings is 1. The molecule has 0 radical (unpaired) electrons. The Kier molecular flexibility index (Phi) is 4.59. The molecule has 0 unspecified atom stereocenters. The summed E-state index contributed by atoms with van der Waals surface area (Å²) in [6.07, 6.45) is 2.80. The lowest BCUT2D eigenvalue weighted by Crippen LogP contribution is -2.17. The minimum absolute atomic E-state index is 0.174. The first-order chi connectivity index (χ1) is 9.74. The first kappa shape index (κ1) is 13.9. The van der Waals surface area contributed by atoms with Gasteiger partial charge in [0, 0.05) is 18.4 Å². The number of nitrogen functional groups attached to an aromatic ring is 1. The van der Waals surface area contributed by atoms with Crippen LogP contribution in [0, 0.1) is 0 Å². The van der Waals surface area contributed by atoms with Gasteiger partial charge in [0.05, 0.1) is 19.0 Å². The summed E-state index contributed by atoms with van der Waals surface area (Å²) in [4.78, 5) is 20.0. The number of rotatable bonds is 5. The van der Waals surface area contributed by atoms with Gasteiger partial charge in [0.25, 0.3) is 5.91 Å². The fourth-order valence-corrected chi connectivity index (χ4v) is 1.65. The average Bonchev–Trinajstić information content (AvgIpc) is 2.49. The number of methoxy groups -OCH3 is 1. The number of ether oxygens (including phenoxy) is 1. The fraction of sp³-hybridized carbons (Fsp3) is 0.154. The maximum absolute atomic E-state index is 12.1. The SMILES string of the molecule is COCc1ccccc1NC(=O)c1cncc(NN)n1. The Morgan fingerprint density at radius 3 is 2.90 bits per heavy atom. The van der Waals surface area contributed by atoms with E-state index in [1.165, 1.54) is 12.4 Å². The Bertz CT molecular complexity index is 603. The zero-order valence-electron chi connectivity index (χ0n) is 11.0. The number of nitrogens with zero attached hydrogens (tertiary/aromatic N) is 2. The van der Waals surface area contributed by atoms with Crippen LogP contribution in [-0.4, -0.2) is 23.0 Å². The number of nitrogens with two attached hydrogens (primary N) is 1. The van der Waals surface area contributed by atoms with Gasteiger partial charge in [-0.15, -0.1) is 0 Å². The molecule has 104 valence electrons. The smallest absolute Gasteiger partial charge is 0.275 e. The summed E-state index contributed by atoms with van der Waals surface area (Å²) in [5, 5.41) is 2.77. The van der Waals surface area contributed by atoms with E-state index < -0.39 is 0 Å². The molecular formula is C13H15N5O2. The lowest BCUT2D eigenvalue weighted by molar-refractivity contribution is 0.102. The Hall–Kier alpha value is -2.51. The van der Waals surface area contributed by atoms with E-state index in [4.69, 9.17) is 10.6 Å². The summed E-state index contributed by atoms with van der Waals surface area (Å²) < 4.78 is 5.09. The number of aromatic nitrogens is 2. The molecule has 1 amide bonds. The van der Waals surface area contributed by atoms with Crippen LogP contribution in [0.4, 0.5) is 11.5 Å². The predicted molar refractivity (Wildman–Crippen MR) is 75.0 cm³/mol. The molecule has 1 aromatic carbocycles. The van der Waals surface area contributed by atoms with E-state index in [9.17, 15) is 4.79 Å². The predicted octanol–water partition coefficient (Wildman–Crippen LogP) is 1.16. The number of carbonyl (C=O) groups excluding carboxylic acids is 1. The van der Waals surface area contributed by atoms with Crippen LogP contribution < -0.4 is 16.6 Å². The van der Waals surface area contributed by atoms with Crippen LogP contribution in [0.3, 0.4) is 0 Å². The van der Waals surface area contributed by atoms with Gasteiger partial charge in [-0.05, 0) is 6.07 Å². The third kappa shape index (κ3) is 3.28. The molecular weight excluding hydrogens is 258 g/mol. The standard InChI is InChI=1S/C13H15N5O2/c1-20-8-9-4-2-3-5-10(9)17-13(19)11-6-15-7-12(16-11)18-14/h2-7H,8,14H2,1H3,(H,16,18)(H,17,19). The molecule has 20 heavy (non-hydrogen) atoms. The summed E-state index contributed by atoms with van der Waals surface area (Å²) >= 11 is 0. The first-order valence-corrected chi connectivity index (χ1v) is 5.91.